The van der Waals surface area contributed by atoms with Crippen molar-refractivity contribution in [2.24, 2.45) is 5.73 Å². The molecule has 1 unspecified atom stereocenters. The van der Waals surface area contributed by atoms with Crippen molar-refractivity contribution >= 4 is 26.0 Å². The molecule has 1 aromatic carbocycles. The molecule has 114 valence electrons. The van der Waals surface area contributed by atoms with E-state index in [4.69, 9.17) is 10.2 Å². The zero-order valence-corrected chi connectivity index (χ0v) is 14.2. The fourth-order valence-electron chi connectivity index (χ4n) is 2.11. The molecule has 0 bridgehead atoms. The van der Waals surface area contributed by atoms with Gasteiger partial charge in [0.05, 0.1) is 6.54 Å². The summed E-state index contributed by atoms with van der Waals surface area (Å²) in [5.74, 6) is 0.408. The largest absolute Gasteiger partial charge is 0.452 e. The maximum Gasteiger partial charge on any atom is 0.245 e. The molecule has 0 aliphatic heterocycles. The Balaban J connectivity index is 2.29. The molecule has 0 radical (unpaired) electrons. The van der Waals surface area contributed by atoms with Gasteiger partial charge in [-0.3, -0.25) is 0 Å². The molecule has 2 rings (SSSR count). The zero-order chi connectivity index (χ0) is 15.6. The second-order valence-electron chi connectivity index (χ2n) is 4.75. The molecule has 1 aromatic heterocycles. The number of hydrogen-bond donors (Lipinski definition) is 2. The monoisotopic (exact) mass is 372 g/mol. The van der Waals surface area contributed by atoms with E-state index in [0.717, 1.165) is 11.1 Å². The molecule has 7 heteroatoms. The predicted molar refractivity (Wildman–Crippen MR) is 84.2 cm³/mol. The summed E-state index contributed by atoms with van der Waals surface area (Å²) in [6.45, 7) is 3.89. The smallest absolute Gasteiger partial charge is 0.245 e. The standard InChI is InChI=1S/C14H17BrN2O3S/c1-9-5-3-4-6-12(9)10(2)17-21(18,19)13-7-11(8-16)20-14(13)15/h3-7,10,17H,8,16H2,1-2H3. The number of benzene rings is 1. The van der Waals surface area contributed by atoms with Gasteiger partial charge in [-0.1, -0.05) is 24.3 Å². The fraction of sp³-hybridized carbons (Fsp3) is 0.286. The third-order valence-corrected chi connectivity index (χ3v) is 5.58. The Kier molecular flexibility index (Phi) is 4.88. The van der Waals surface area contributed by atoms with E-state index in [-0.39, 0.29) is 22.2 Å². The van der Waals surface area contributed by atoms with Crippen molar-refractivity contribution in [1.29, 1.82) is 0 Å². The van der Waals surface area contributed by atoms with Crippen molar-refractivity contribution < 1.29 is 12.8 Å². The highest BCUT2D eigenvalue weighted by Crippen LogP contribution is 2.27. The number of nitrogens with two attached hydrogens (primary N) is 1. The number of rotatable bonds is 5. The summed E-state index contributed by atoms with van der Waals surface area (Å²) < 4.78 is 32.9. The highest BCUT2D eigenvalue weighted by molar-refractivity contribution is 9.10. The van der Waals surface area contributed by atoms with Gasteiger partial charge in [0.1, 0.15) is 10.7 Å². The van der Waals surface area contributed by atoms with Crippen molar-refractivity contribution in [2.45, 2.75) is 31.3 Å². The van der Waals surface area contributed by atoms with Crippen molar-refractivity contribution in [2.75, 3.05) is 0 Å². The third-order valence-electron chi connectivity index (χ3n) is 3.18. The molecule has 21 heavy (non-hydrogen) atoms. The number of hydrogen-bond acceptors (Lipinski definition) is 4. The maximum absolute atomic E-state index is 12.4. The van der Waals surface area contributed by atoms with Gasteiger partial charge >= 0.3 is 0 Å². The highest BCUT2D eigenvalue weighted by atomic mass is 79.9. The summed E-state index contributed by atoms with van der Waals surface area (Å²) in [5, 5.41) is 0. The van der Waals surface area contributed by atoms with Gasteiger partial charge in [0.25, 0.3) is 0 Å². The van der Waals surface area contributed by atoms with Gasteiger partial charge in [0.2, 0.25) is 10.0 Å². The van der Waals surface area contributed by atoms with Crippen LogP contribution < -0.4 is 10.5 Å². The number of aryl methyl sites for hydroxylation is 1. The van der Waals surface area contributed by atoms with Crippen LogP contribution in [0.15, 0.2) is 44.3 Å². The van der Waals surface area contributed by atoms with Crippen LogP contribution in [0.25, 0.3) is 0 Å². The lowest BCUT2D eigenvalue weighted by atomic mass is 10.0. The first-order chi connectivity index (χ1) is 9.85. The third kappa shape index (κ3) is 3.55. The van der Waals surface area contributed by atoms with Crippen LogP contribution in [0.3, 0.4) is 0 Å². The zero-order valence-electron chi connectivity index (χ0n) is 11.8. The van der Waals surface area contributed by atoms with Crippen LogP contribution in [0.1, 0.15) is 29.9 Å². The Labute approximate surface area is 132 Å². The highest BCUT2D eigenvalue weighted by Gasteiger charge is 2.24. The second kappa shape index (κ2) is 6.31. The number of furan rings is 1. The lowest BCUT2D eigenvalue weighted by molar-refractivity contribution is 0.483. The van der Waals surface area contributed by atoms with Crippen molar-refractivity contribution in [3.05, 3.63) is 51.9 Å². The molecule has 3 N–H and O–H groups in total. The number of nitrogens with one attached hydrogen (secondary N) is 1. The van der Waals surface area contributed by atoms with Crippen LogP contribution in [0.4, 0.5) is 0 Å². The molecule has 1 heterocycles. The topological polar surface area (TPSA) is 85.3 Å². The number of sulfonamides is 1. The molecule has 0 spiro atoms. The maximum atomic E-state index is 12.4. The summed E-state index contributed by atoms with van der Waals surface area (Å²) in [4.78, 5) is 0.0587. The van der Waals surface area contributed by atoms with Crippen molar-refractivity contribution in [1.82, 2.24) is 4.72 Å². The molecule has 0 saturated carbocycles. The van der Waals surface area contributed by atoms with E-state index < -0.39 is 10.0 Å². The Morgan fingerprint density at radius 2 is 2.05 bits per heavy atom. The molecule has 5 nitrogen and oxygen atoms in total. The molecular formula is C14H17BrN2O3S. The minimum absolute atomic E-state index is 0.0587. The van der Waals surface area contributed by atoms with Crippen LogP contribution in [0.5, 0.6) is 0 Å². The first-order valence-electron chi connectivity index (χ1n) is 6.41. The van der Waals surface area contributed by atoms with Gasteiger partial charge in [-0.2, -0.15) is 0 Å². The summed E-state index contributed by atoms with van der Waals surface area (Å²) in [6.07, 6.45) is 0. The van der Waals surface area contributed by atoms with E-state index in [1.54, 1.807) is 6.92 Å². The van der Waals surface area contributed by atoms with Crippen LogP contribution in [0, 0.1) is 6.92 Å². The molecule has 0 amide bonds. The van der Waals surface area contributed by atoms with E-state index in [0.29, 0.717) is 5.76 Å². The molecule has 0 fully saturated rings. The van der Waals surface area contributed by atoms with Crippen molar-refractivity contribution in [3.63, 3.8) is 0 Å². The Morgan fingerprint density at radius 1 is 1.38 bits per heavy atom. The lowest BCUT2D eigenvalue weighted by Gasteiger charge is -2.16. The Bertz CT molecular complexity index is 740. The number of halogens is 1. The average Bonchev–Trinajstić information content (AvgIpc) is 2.81. The first kappa shape index (κ1) is 16.2. The van der Waals surface area contributed by atoms with E-state index in [1.165, 1.54) is 6.07 Å². The van der Waals surface area contributed by atoms with Gasteiger partial charge in [0, 0.05) is 12.1 Å². The van der Waals surface area contributed by atoms with Gasteiger partial charge in [0.15, 0.2) is 4.67 Å². The lowest BCUT2D eigenvalue weighted by Crippen LogP contribution is -2.27. The van der Waals surface area contributed by atoms with E-state index in [2.05, 4.69) is 20.7 Å². The molecule has 0 aliphatic carbocycles. The van der Waals surface area contributed by atoms with E-state index in [1.807, 2.05) is 31.2 Å². The molecular weight excluding hydrogens is 356 g/mol. The summed E-state index contributed by atoms with van der Waals surface area (Å²) in [7, 11) is -3.69. The summed E-state index contributed by atoms with van der Waals surface area (Å²) in [6, 6.07) is 8.72. The van der Waals surface area contributed by atoms with Crippen molar-refractivity contribution in [3.8, 4) is 0 Å². The van der Waals surface area contributed by atoms with Crippen LogP contribution >= 0.6 is 15.9 Å². The molecule has 2 aromatic rings. The summed E-state index contributed by atoms with van der Waals surface area (Å²) in [5.41, 5.74) is 7.42. The Morgan fingerprint density at radius 3 is 2.62 bits per heavy atom. The predicted octanol–water partition coefficient (Wildman–Crippen LogP) is 2.85. The average molecular weight is 373 g/mol. The molecule has 1 atom stereocenters. The van der Waals surface area contributed by atoms with E-state index in [9.17, 15) is 8.42 Å². The molecule has 0 aliphatic rings. The molecule has 0 saturated heterocycles. The Hall–Kier alpha value is -1.15. The van der Waals surface area contributed by atoms with Crippen LogP contribution in [-0.2, 0) is 16.6 Å². The first-order valence-corrected chi connectivity index (χ1v) is 8.69. The van der Waals surface area contributed by atoms with Crippen LogP contribution in [0.2, 0.25) is 0 Å². The normalized spacial score (nSPS) is 13.3. The SMILES string of the molecule is Cc1ccccc1C(C)NS(=O)(=O)c1cc(CN)oc1Br. The summed E-state index contributed by atoms with van der Waals surface area (Å²) >= 11 is 3.11. The fourth-order valence-corrected chi connectivity index (χ4v) is 4.33. The van der Waals surface area contributed by atoms with Crippen LogP contribution in [-0.4, -0.2) is 8.42 Å². The minimum Gasteiger partial charge on any atom is -0.452 e. The van der Waals surface area contributed by atoms with Gasteiger partial charge in [-0.25, -0.2) is 13.1 Å². The van der Waals surface area contributed by atoms with Gasteiger partial charge in [-0.05, 0) is 40.9 Å². The van der Waals surface area contributed by atoms with Gasteiger partial charge in [-0.15, -0.1) is 0 Å². The van der Waals surface area contributed by atoms with E-state index >= 15 is 0 Å². The minimum atomic E-state index is -3.69. The quantitative estimate of drug-likeness (QED) is 0.844. The van der Waals surface area contributed by atoms with Gasteiger partial charge < -0.3 is 10.2 Å². The second-order valence-corrected chi connectivity index (χ2v) is 7.16.